The summed E-state index contributed by atoms with van der Waals surface area (Å²) in [5.74, 6) is 0. The van der Waals surface area contributed by atoms with Crippen molar-refractivity contribution in [3.63, 3.8) is 0 Å². The molecule has 2 aliphatic rings. The summed E-state index contributed by atoms with van der Waals surface area (Å²) in [5.41, 5.74) is 14.2. The van der Waals surface area contributed by atoms with Crippen molar-refractivity contribution in [2.45, 2.75) is 88.6 Å². The molecule has 2 aliphatic carbocycles. The molecule has 0 nitrogen and oxygen atoms in total. The Labute approximate surface area is 274 Å². The van der Waals surface area contributed by atoms with Gasteiger partial charge in [-0.25, -0.2) is 0 Å². The zero-order valence-electron chi connectivity index (χ0n) is 28.5. The second-order valence-corrected chi connectivity index (χ2v) is 61.9. The van der Waals surface area contributed by atoms with Gasteiger partial charge in [-0.3, -0.25) is 0 Å². The standard InChI is InChI=1S/2C17H15.C7H16Si.2CH3.Hf/c2*1-2-13-7-3-4-10-15(13)17-12-6-9-14-8-5-11-16(14)17;1-3-4-5-6-7-8-2;;;/h2*3-12H,2H2,1H3;3-7H2,1-2H3;2*1H3;. The molecule has 2 heteroatoms. The number of benzene rings is 4. The van der Waals surface area contributed by atoms with Crippen molar-refractivity contribution in [1.82, 2.24) is 0 Å². The summed E-state index contributed by atoms with van der Waals surface area (Å²) in [4.78, 5) is 0. The van der Waals surface area contributed by atoms with Gasteiger partial charge in [0, 0.05) is 0 Å². The van der Waals surface area contributed by atoms with Gasteiger partial charge in [0.1, 0.15) is 0 Å². The number of rotatable bonds is 11. The topological polar surface area (TPSA) is 0 Å². The molecule has 0 bridgehead atoms. The number of fused-ring (bicyclic) bond motifs is 2. The van der Waals surface area contributed by atoms with Gasteiger partial charge in [-0.15, -0.1) is 0 Å². The Morgan fingerprint density at radius 2 is 1.02 bits per heavy atom. The first kappa shape index (κ1) is 32.4. The van der Waals surface area contributed by atoms with Crippen LogP contribution < -0.4 is 0 Å². The van der Waals surface area contributed by atoms with Crippen molar-refractivity contribution in [2.75, 3.05) is 0 Å². The Bertz CT molecular complexity index is 1730. The summed E-state index contributed by atoms with van der Waals surface area (Å²) in [6.45, 7) is 9.68. The van der Waals surface area contributed by atoms with Crippen LogP contribution in [0.1, 0.15) is 87.2 Å². The predicted molar refractivity (Wildman–Crippen MR) is 198 cm³/mol. The monoisotopic (exact) mass is 776 g/mol. The fourth-order valence-corrected chi connectivity index (χ4v) is 52.4. The number of aryl methyl sites for hydroxylation is 2. The quantitative estimate of drug-likeness (QED) is 0.105. The minimum absolute atomic E-state index is 0.572. The third-order valence-corrected chi connectivity index (χ3v) is 69.9. The molecule has 4 aromatic rings. The first-order valence-corrected chi connectivity index (χ1v) is 36.6. The van der Waals surface area contributed by atoms with Gasteiger partial charge in [0.05, 0.1) is 0 Å². The van der Waals surface area contributed by atoms with Crippen LogP contribution in [-0.2, 0) is 30.0 Å². The Balaban J connectivity index is 1.53. The predicted octanol–water partition coefficient (Wildman–Crippen LogP) is 13.0. The maximum absolute atomic E-state index is 3.84. The van der Waals surface area contributed by atoms with E-state index < -0.39 is 22.6 Å². The van der Waals surface area contributed by atoms with E-state index in [1.54, 1.807) is 11.1 Å². The van der Waals surface area contributed by atoms with Gasteiger partial charge in [-0.2, -0.15) is 0 Å². The Morgan fingerprint density at radius 3 is 1.49 bits per heavy atom. The first-order chi connectivity index (χ1) is 21.8. The van der Waals surface area contributed by atoms with Crippen LogP contribution in [0.4, 0.5) is 0 Å². The van der Waals surface area contributed by atoms with Gasteiger partial charge in [-0.1, -0.05) is 0 Å². The van der Waals surface area contributed by atoms with Crippen LogP contribution in [0.5, 0.6) is 0 Å². The minimum atomic E-state index is -3.84. The third kappa shape index (κ3) is 5.59. The van der Waals surface area contributed by atoms with Crippen molar-refractivity contribution in [2.24, 2.45) is 0 Å². The zero-order chi connectivity index (χ0) is 31.6. The summed E-state index contributed by atoms with van der Waals surface area (Å²) in [5, 5.41) is 0. The molecule has 2 atom stereocenters. The summed E-state index contributed by atoms with van der Waals surface area (Å²) in [7, 11) is 0. The molecule has 0 fully saturated rings. The van der Waals surface area contributed by atoms with Crippen LogP contribution in [0, 0.1) is 0 Å². The number of hydrogen-bond donors (Lipinski definition) is 0. The molecular weight excluding hydrogens is 723 g/mol. The number of hydrogen-bond acceptors (Lipinski definition) is 0. The van der Waals surface area contributed by atoms with Crippen molar-refractivity contribution in [1.29, 1.82) is 0 Å². The van der Waals surface area contributed by atoms with E-state index in [0.29, 0.717) is 7.35 Å². The summed E-state index contributed by atoms with van der Waals surface area (Å²) in [6, 6.07) is 34.1. The van der Waals surface area contributed by atoms with Crippen molar-refractivity contribution in [3.05, 3.63) is 130 Å². The molecule has 232 valence electrons. The summed E-state index contributed by atoms with van der Waals surface area (Å²) >= 11 is -3.84. The molecule has 0 heterocycles. The van der Waals surface area contributed by atoms with E-state index in [1.807, 2.05) is 0 Å². The average molecular weight is 775 g/mol. The van der Waals surface area contributed by atoms with Gasteiger partial charge >= 0.3 is 276 Å². The van der Waals surface area contributed by atoms with Crippen LogP contribution in [0.25, 0.3) is 34.4 Å². The molecule has 6 rings (SSSR count). The van der Waals surface area contributed by atoms with Gasteiger partial charge in [0.25, 0.3) is 0 Å². The first-order valence-electron chi connectivity index (χ1n) is 17.6. The van der Waals surface area contributed by atoms with Crippen LogP contribution in [-0.4, -0.2) is 5.49 Å². The van der Waals surface area contributed by atoms with E-state index in [0.717, 1.165) is 12.8 Å². The van der Waals surface area contributed by atoms with E-state index >= 15 is 0 Å². The molecule has 0 radical (unpaired) electrons. The second kappa shape index (κ2) is 13.3. The third-order valence-electron chi connectivity index (χ3n) is 11.9. The Kier molecular flexibility index (Phi) is 9.56. The number of allylic oxidation sites excluding steroid dienone is 2. The van der Waals surface area contributed by atoms with Crippen molar-refractivity contribution < 1.29 is 17.1 Å². The molecule has 0 amide bonds. The zero-order valence-corrected chi connectivity index (χ0v) is 33.1. The van der Waals surface area contributed by atoms with Gasteiger partial charge in [0.2, 0.25) is 0 Å². The van der Waals surface area contributed by atoms with E-state index in [1.165, 1.54) is 76.2 Å². The molecule has 0 saturated heterocycles. The SMILES string of the molecule is CCCCCC[Si](C)=[Hf]([CH3])([CH3])([CH]1C=Cc2c(-c3ccccc3CC)cccc21)[CH]1C=Cc2c(-c3ccccc3CC)cccc21. The molecular formula is C43H52HfSi. The van der Waals surface area contributed by atoms with Crippen LogP contribution >= 0.6 is 0 Å². The van der Waals surface area contributed by atoms with E-state index in [4.69, 9.17) is 0 Å². The van der Waals surface area contributed by atoms with Gasteiger partial charge in [0.15, 0.2) is 0 Å². The van der Waals surface area contributed by atoms with Crippen LogP contribution in [0.3, 0.4) is 0 Å². The van der Waals surface area contributed by atoms with Crippen LogP contribution in [0.15, 0.2) is 97.1 Å². The fourth-order valence-electron chi connectivity index (χ4n) is 8.81. The van der Waals surface area contributed by atoms with Gasteiger partial charge < -0.3 is 0 Å². The number of unbranched alkanes of at least 4 members (excludes halogenated alkanes) is 3. The Hall–Kier alpha value is -2.55. The van der Waals surface area contributed by atoms with E-state index in [2.05, 4.69) is 146 Å². The maximum atomic E-state index is 2.90. The molecule has 4 aromatic carbocycles. The molecule has 0 saturated carbocycles. The van der Waals surface area contributed by atoms with Gasteiger partial charge in [-0.05, 0) is 0 Å². The molecule has 0 N–H and O–H groups in total. The normalized spacial score (nSPS) is 17.0. The fraction of sp³-hybridized carbons (Fsp3) is 0.349. The Morgan fingerprint density at radius 1 is 0.556 bits per heavy atom. The van der Waals surface area contributed by atoms with Crippen molar-refractivity contribution in [3.8, 4) is 22.3 Å². The molecule has 45 heavy (non-hydrogen) atoms. The molecule has 0 aromatic heterocycles. The molecule has 0 aliphatic heterocycles. The summed E-state index contributed by atoms with van der Waals surface area (Å²) < 4.78 is 6.95. The molecule has 2 unspecified atom stereocenters. The second-order valence-electron chi connectivity index (χ2n) is 14.5. The van der Waals surface area contributed by atoms with E-state index in [9.17, 15) is 0 Å². The molecule has 0 spiro atoms. The van der Waals surface area contributed by atoms with Crippen molar-refractivity contribution >= 4 is 17.6 Å². The van der Waals surface area contributed by atoms with E-state index in [-0.39, 0.29) is 0 Å². The average Bonchev–Trinajstić information content (AvgIpc) is 3.73. The summed E-state index contributed by atoms with van der Waals surface area (Å²) in [6.07, 6.45) is 18.0. The van der Waals surface area contributed by atoms with Crippen LogP contribution in [0.2, 0.25) is 22.0 Å².